The molecule has 6 heterocycles. The first-order valence-electron chi connectivity index (χ1n) is 10.1. The summed E-state index contributed by atoms with van der Waals surface area (Å²) < 4.78 is 6.06. The molecule has 0 aromatic carbocycles. The molecule has 1 atom stereocenters. The van der Waals surface area contributed by atoms with Gasteiger partial charge in [-0.15, -0.1) is 0 Å². The molecule has 4 aliphatic heterocycles. The van der Waals surface area contributed by atoms with Gasteiger partial charge in [-0.1, -0.05) is 0 Å². The number of nitrogens with zero attached hydrogens (tertiary/aromatic N) is 5. The lowest BCUT2D eigenvalue weighted by Gasteiger charge is -2.43. The van der Waals surface area contributed by atoms with Crippen molar-refractivity contribution in [3.05, 3.63) is 18.5 Å². The SMILES string of the molecule is CC1(C)OCCN2c3cc(-c4cnc(N)cn4)nc(N4CC5CC4C5)c3NC21. The number of rotatable bonds is 2. The fourth-order valence-electron chi connectivity index (χ4n) is 5.12. The maximum atomic E-state index is 6.06. The van der Waals surface area contributed by atoms with E-state index in [-0.39, 0.29) is 11.8 Å². The predicted molar refractivity (Wildman–Crippen MR) is 108 cm³/mol. The second-order valence-corrected chi connectivity index (χ2v) is 8.89. The fourth-order valence-corrected chi connectivity index (χ4v) is 5.12. The normalized spacial score (nSPS) is 29.1. The van der Waals surface area contributed by atoms with Gasteiger partial charge in [0.1, 0.15) is 29.0 Å². The van der Waals surface area contributed by atoms with Gasteiger partial charge in [-0.25, -0.2) is 15.0 Å². The van der Waals surface area contributed by atoms with Crippen LogP contribution in [0, 0.1) is 5.92 Å². The van der Waals surface area contributed by atoms with Gasteiger partial charge in [-0.05, 0) is 38.7 Å². The lowest BCUT2D eigenvalue weighted by molar-refractivity contribution is -0.0487. The van der Waals surface area contributed by atoms with Gasteiger partial charge >= 0.3 is 0 Å². The van der Waals surface area contributed by atoms with E-state index in [1.165, 1.54) is 18.5 Å². The second-order valence-electron chi connectivity index (χ2n) is 8.89. The summed E-state index contributed by atoms with van der Waals surface area (Å²) in [6.07, 6.45) is 5.96. The van der Waals surface area contributed by atoms with Crippen LogP contribution in [0.1, 0.15) is 26.7 Å². The molecule has 2 aromatic rings. The predicted octanol–water partition coefficient (Wildman–Crippen LogP) is 2.09. The van der Waals surface area contributed by atoms with E-state index in [4.69, 9.17) is 15.5 Å². The third-order valence-corrected chi connectivity index (χ3v) is 6.66. The van der Waals surface area contributed by atoms with Crippen LogP contribution < -0.4 is 20.9 Å². The first-order chi connectivity index (χ1) is 13.5. The highest BCUT2D eigenvalue weighted by Gasteiger charge is 2.48. The summed E-state index contributed by atoms with van der Waals surface area (Å²) in [7, 11) is 0. The van der Waals surface area contributed by atoms with Crippen molar-refractivity contribution in [3.8, 4) is 11.4 Å². The Morgan fingerprint density at radius 3 is 2.75 bits per heavy atom. The molecule has 28 heavy (non-hydrogen) atoms. The van der Waals surface area contributed by atoms with Gasteiger partial charge < -0.3 is 25.6 Å². The number of hydrogen-bond donors (Lipinski definition) is 2. The van der Waals surface area contributed by atoms with Gasteiger partial charge in [0.05, 0.1) is 30.4 Å². The second kappa shape index (κ2) is 5.47. The smallest absolute Gasteiger partial charge is 0.155 e. The van der Waals surface area contributed by atoms with Crippen molar-refractivity contribution in [1.82, 2.24) is 15.0 Å². The average molecular weight is 379 g/mol. The van der Waals surface area contributed by atoms with Crippen LogP contribution in [0.15, 0.2) is 18.5 Å². The van der Waals surface area contributed by atoms with Crippen molar-refractivity contribution in [2.75, 3.05) is 40.5 Å². The molecule has 3 N–H and O–H groups in total. The Bertz CT molecular complexity index is 938. The highest BCUT2D eigenvalue weighted by Crippen LogP contribution is 2.51. The quantitative estimate of drug-likeness (QED) is 0.819. The highest BCUT2D eigenvalue weighted by molar-refractivity contribution is 5.89. The Labute approximate surface area is 164 Å². The number of nitrogens with one attached hydrogen (secondary N) is 1. The van der Waals surface area contributed by atoms with Crippen LogP contribution in [0.25, 0.3) is 11.4 Å². The van der Waals surface area contributed by atoms with E-state index in [9.17, 15) is 0 Å². The monoisotopic (exact) mass is 379 g/mol. The van der Waals surface area contributed by atoms with Crippen LogP contribution in [0.2, 0.25) is 0 Å². The van der Waals surface area contributed by atoms with E-state index in [0.717, 1.165) is 41.9 Å². The number of nitrogens with two attached hydrogens (primary N) is 1. The maximum absolute atomic E-state index is 6.06. The lowest BCUT2D eigenvalue weighted by atomic mass is 9.86. The van der Waals surface area contributed by atoms with Gasteiger partial charge in [0.15, 0.2) is 5.82 Å². The minimum absolute atomic E-state index is 0.0992. The molecule has 2 bridgehead atoms. The van der Waals surface area contributed by atoms with Gasteiger partial charge in [0.25, 0.3) is 0 Å². The van der Waals surface area contributed by atoms with Gasteiger partial charge in [0, 0.05) is 19.1 Å². The van der Waals surface area contributed by atoms with Gasteiger partial charge in [-0.2, -0.15) is 0 Å². The lowest BCUT2D eigenvalue weighted by Crippen LogP contribution is -2.58. The molecule has 5 aliphatic rings. The summed E-state index contributed by atoms with van der Waals surface area (Å²) in [6, 6.07) is 2.74. The van der Waals surface area contributed by atoms with E-state index in [1.54, 1.807) is 12.4 Å². The third kappa shape index (κ3) is 2.24. The standard InChI is InChI=1S/C20H25N7O/c1-20(2)19-25-17-15(26(19)3-4-28-20)7-13(14-8-23-16(21)9-22-14)24-18(17)27-10-11-5-12(27)6-11/h7-9,11-12,19,25H,3-6,10H2,1-2H3,(H2,21,23). The molecule has 1 aliphatic carbocycles. The number of anilines is 4. The van der Waals surface area contributed by atoms with Crippen LogP contribution in [-0.4, -0.2) is 52.5 Å². The van der Waals surface area contributed by atoms with Crippen molar-refractivity contribution in [1.29, 1.82) is 0 Å². The maximum Gasteiger partial charge on any atom is 0.155 e. The zero-order chi connectivity index (χ0) is 19.0. The van der Waals surface area contributed by atoms with E-state index < -0.39 is 0 Å². The molecule has 0 radical (unpaired) electrons. The summed E-state index contributed by atoms with van der Waals surface area (Å²) >= 11 is 0. The molecule has 1 saturated carbocycles. The van der Waals surface area contributed by atoms with Crippen molar-refractivity contribution in [2.24, 2.45) is 5.92 Å². The number of pyridine rings is 1. The Balaban J connectivity index is 1.50. The Morgan fingerprint density at radius 2 is 2.04 bits per heavy atom. The van der Waals surface area contributed by atoms with Crippen LogP contribution in [0.5, 0.6) is 0 Å². The number of ether oxygens (including phenoxy) is 1. The van der Waals surface area contributed by atoms with Crippen LogP contribution in [0.3, 0.4) is 0 Å². The number of fused-ring (bicyclic) bond motifs is 4. The first-order valence-corrected chi connectivity index (χ1v) is 10.1. The van der Waals surface area contributed by atoms with E-state index in [1.807, 2.05) is 0 Å². The molecule has 8 nitrogen and oxygen atoms in total. The summed E-state index contributed by atoms with van der Waals surface area (Å²) in [5.74, 6) is 2.27. The molecule has 4 fully saturated rings. The number of morpholine rings is 1. The Hall–Kier alpha value is -2.61. The molecule has 8 heteroatoms. The van der Waals surface area contributed by atoms with Crippen LogP contribution in [-0.2, 0) is 4.74 Å². The summed E-state index contributed by atoms with van der Waals surface area (Å²) in [6.45, 7) is 6.96. The Morgan fingerprint density at radius 1 is 1.18 bits per heavy atom. The summed E-state index contributed by atoms with van der Waals surface area (Å²) in [5.41, 5.74) is 9.36. The van der Waals surface area contributed by atoms with Gasteiger partial charge in [-0.3, -0.25) is 0 Å². The molecular weight excluding hydrogens is 354 g/mol. The van der Waals surface area contributed by atoms with Crippen molar-refractivity contribution in [2.45, 2.75) is 44.5 Å². The molecule has 7 rings (SSSR count). The van der Waals surface area contributed by atoms with E-state index >= 15 is 0 Å². The van der Waals surface area contributed by atoms with E-state index in [0.29, 0.717) is 18.5 Å². The molecule has 1 unspecified atom stereocenters. The Kier molecular flexibility index (Phi) is 3.19. The molecule has 0 spiro atoms. The highest BCUT2D eigenvalue weighted by atomic mass is 16.5. The summed E-state index contributed by atoms with van der Waals surface area (Å²) in [4.78, 5) is 18.6. The third-order valence-electron chi connectivity index (χ3n) is 6.66. The van der Waals surface area contributed by atoms with Crippen LogP contribution >= 0.6 is 0 Å². The zero-order valence-electron chi connectivity index (χ0n) is 16.2. The minimum atomic E-state index is -0.275. The van der Waals surface area contributed by atoms with E-state index in [2.05, 4.69) is 45.0 Å². The average Bonchev–Trinajstić information content (AvgIpc) is 3.33. The van der Waals surface area contributed by atoms with Crippen molar-refractivity contribution in [3.63, 3.8) is 0 Å². The molecule has 0 amide bonds. The first kappa shape index (κ1) is 16.4. The van der Waals surface area contributed by atoms with Crippen molar-refractivity contribution >= 4 is 23.0 Å². The van der Waals surface area contributed by atoms with Crippen LogP contribution in [0.4, 0.5) is 23.0 Å². The molecule has 3 saturated heterocycles. The molecular formula is C20H25N7O. The minimum Gasteiger partial charge on any atom is -0.382 e. The molecule has 2 aromatic heterocycles. The zero-order valence-corrected chi connectivity index (χ0v) is 16.2. The largest absolute Gasteiger partial charge is 0.382 e. The molecule has 146 valence electrons. The fraction of sp³-hybridized carbons (Fsp3) is 0.550. The van der Waals surface area contributed by atoms with Crippen molar-refractivity contribution < 1.29 is 4.74 Å². The topological polar surface area (TPSA) is 92.4 Å². The number of aromatic nitrogens is 3. The number of hydrogen-bond acceptors (Lipinski definition) is 8. The number of nitrogen functional groups attached to an aromatic ring is 1. The van der Waals surface area contributed by atoms with Gasteiger partial charge in [0.2, 0.25) is 0 Å². The summed E-state index contributed by atoms with van der Waals surface area (Å²) in [5, 5.41) is 3.74.